The molecule has 0 radical (unpaired) electrons. The van der Waals surface area contributed by atoms with Crippen LogP contribution in [-0.2, 0) is 21.6 Å². The molecule has 3 aromatic rings. The van der Waals surface area contributed by atoms with Crippen LogP contribution in [0.15, 0.2) is 53.4 Å². The maximum Gasteiger partial charge on any atom is 0.586 e. The Kier molecular flexibility index (Phi) is 5.70. The molecule has 182 valence electrons. The quantitative estimate of drug-likeness (QED) is 0.482. The second-order valence-electron chi connectivity index (χ2n) is 8.68. The van der Waals surface area contributed by atoms with Crippen LogP contribution in [0.4, 0.5) is 14.6 Å². The summed E-state index contributed by atoms with van der Waals surface area (Å²) in [5.41, 5.74) is 3.15. The molecule has 1 atom stereocenters. The van der Waals surface area contributed by atoms with Crippen molar-refractivity contribution in [2.24, 2.45) is 0 Å². The van der Waals surface area contributed by atoms with Gasteiger partial charge in [0.2, 0.25) is 5.91 Å². The average Bonchev–Trinajstić information content (AvgIpc) is 3.57. The predicted octanol–water partition coefficient (Wildman–Crippen LogP) is 4.60. The Hall–Kier alpha value is -3.21. The third kappa shape index (κ3) is 4.33. The zero-order valence-corrected chi connectivity index (χ0v) is 20.1. The highest BCUT2D eigenvalue weighted by Crippen LogP contribution is 2.52. The molecule has 35 heavy (non-hydrogen) atoms. The van der Waals surface area contributed by atoms with Crippen molar-refractivity contribution in [2.75, 3.05) is 12.4 Å². The van der Waals surface area contributed by atoms with Gasteiger partial charge in [0.05, 0.1) is 22.5 Å². The normalized spacial score (nSPS) is 17.7. The minimum Gasteiger partial charge on any atom is -0.593 e. The van der Waals surface area contributed by atoms with Gasteiger partial charge in [-0.1, -0.05) is 12.1 Å². The highest BCUT2D eigenvalue weighted by Gasteiger charge is 2.53. The molecule has 2 heterocycles. The summed E-state index contributed by atoms with van der Waals surface area (Å²) in [6.07, 6.45) is -2.55. The summed E-state index contributed by atoms with van der Waals surface area (Å²) in [6.45, 7) is 3.85. The summed E-state index contributed by atoms with van der Waals surface area (Å²) in [5, 5.41) is 2.89. The first kappa shape index (κ1) is 23.5. The summed E-state index contributed by atoms with van der Waals surface area (Å²) in [4.78, 5) is 18.6. The van der Waals surface area contributed by atoms with Crippen molar-refractivity contribution in [3.05, 3.63) is 65.2 Å². The number of carbonyl (C=O) groups excluding carboxylic acids is 1. The van der Waals surface area contributed by atoms with Gasteiger partial charge in [-0.15, -0.1) is 13.5 Å². The fourth-order valence-corrected chi connectivity index (χ4v) is 4.97. The number of anilines is 1. The average molecular weight is 500 g/mol. The number of nitrogens with one attached hydrogen (secondary N) is 2. The first-order chi connectivity index (χ1) is 16.6. The maximum absolute atomic E-state index is 13.4. The number of ether oxygens (including phenoxy) is 2. The van der Waals surface area contributed by atoms with E-state index in [-0.39, 0.29) is 17.4 Å². The van der Waals surface area contributed by atoms with Crippen molar-refractivity contribution in [3.8, 4) is 22.8 Å². The van der Waals surface area contributed by atoms with Gasteiger partial charge in [-0.3, -0.25) is 4.79 Å². The van der Waals surface area contributed by atoms with E-state index in [1.54, 1.807) is 25.2 Å². The van der Waals surface area contributed by atoms with E-state index in [1.807, 2.05) is 32.0 Å². The number of hydrogen-bond donors (Lipinski definition) is 2. The topological polar surface area (TPSA) is 95.5 Å². The molecule has 0 bridgehead atoms. The second kappa shape index (κ2) is 8.47. The molecule has 1 fully saturated rings. The number of aromatic nitrogens is 1. The van der Waals surface area contributed by atoms with Gasteiger partial charge in [0.25, 0.3) is 0 Å². The Bertz CT molecular complexity index is 1330. The van der Waals surface area contributed by atoms with Crippen molar-refractivity contribution in [1.29, 1.82) is 0 Å². The van der Waals surface area contributed by atoms with Crippen LogP contribution < -0.4 is 19.5 Å². The lowest BCUT2D eigenvalue weighted by Crippen LogP contribution is -2.28. The van der Waals surface area contributed by atoms with Crippen LogP contribution in [0.25, 0.3) is 11.3 Å². The van der Waals surface area contributed by atoms with E-state index in [2.05, 4.69) is 24.5 Å². The van der Waals surface area contributed by atoms with Crippen LogP contribution >= 0.6 is 0 Å². The minimum atomic E-state index is -3.71. The summed E-state index contributed by atoms with van der Waals surface area (Å²) in [6, 6.07) is 13.5. The standard InChI is InChI=1S/C25H23F2N3O4S/c1-14-4-9-21(29-22(14)18-7-6-17(12-15(18)2)35(32)28-3)30-23(31)24(10-11-24)16-5-8-19-20(13-16)34-25(26,27)33-19/h4-9,12-13,28H,10-11H2,1-3H3,(H,29,30,31). The van der Waals surface area contributed by atoms with E-state index in [9.17, 15) is 18.1 Å². The molecule has 1 aliphatic carbocycles. The van der Waals surface area contributed by atoms with Crippen molar-refractivity contribution in [1.82, 2.24) is 9.71 Å². The maximum atomic E-state index is 13.4. The number of nitrogens with zero attached hydrogens (tertiary/aromatic N) is 1. The van der Waals surface area contributed by atoms with E-state index in [1.165, 1.54) is 12.1 Å². The Morgan fingerprint density at radius 3 is 2.46 bits per heavy atom. The van der Waals surface area contributed by atoms with Crippen molar-refractivity contribution in [2.45, 2.75) is 43.3 Å². The fourth-order valence-electron chi connectivity index (χ4n) is 4.26. The molecule has 1 amide bonds. The number of halogens is 2. The molecule has 1 saturated carbocycles. The highest BCUT2D eigenvalue weighted by molar-refractivity contribution is 7.89. The summed E-state index contributed by atoms with van der Waals surface area (Å²) in [5.74, 6) is -0.0152. The van der Waals surface area contributed by atoms with E-state index in [0.29, 0.717) is 34.8 Å². The molecule has 2 aliphatic rings. The second-order valence-corrected chi connectivity index (χ2v) is 10.1. The lowest BCUT2D eigenvalue weighted by atomic mass is 9.94. The van der Waals surface area contributed by atoms with E-state index < -0.39 is 23.1 Å². The molecule has 1 aliphatic heterocycles. The molecule has 0 spiro atoms. The third-order valence-corrected chi connectivity index (χ3v) is 7.38. The van der Waals surface area contributed by atoms with Gasteiger partial charge in [0.1, 0.15) is 5.82 Å². The van der Waals surface area contributed by atoms with Gasteiger partial charge in [-0.2, -0.15) is 0 Å². The highest BCUT2D eigenvalue weighted by atomic mass is 32.2. The first-order valence-corrected chi connectivity index (χ1v) is 12.2. The molecular weight excluding hydrogens is 476 g/mol. The van der Waals surface area contributed by atoms with Crippen LogP contribution in [0.3, 0.4) is 0 Å². The number of fused-ring (bicyclic) bond motifs is 1. The number of hydrogen-bond acceptors (Lipinski definition) is 6. The minimum absolute atomic E-state index is 0.0558. The van der Waals surface area contributed by atoms with Gasteiger partial charge in [-0.25, -0.2) is 4.98 Å². The lowest BCUT2D eigenvalue weighted by Gasteiger charge is -2.17. The lowest BCUT2D eigenvalue weighted by molar-refractivity contribution is -0.286. The number of alkyl halides is 2. The molecule has 1 unspecified atom stereocenters. The van der Waals surface area contributed by atoms with Crippen LogP contribution in [0.5, 0.6) is 11.5 Å². The smallest absolute Gasteiger partial charge is 0.586 e. The molecule has 5 rings (SSSR count). The van der Waals surface area contributed by atoms with Gasteiger partial charge < -0.3 is 19.3 Å². The van der Waals surface area contributed by atoms with Crippen LogP contribution in [0, 0.1) is 13.8 Å². The van der Waals surface area contributed by atoms with Crippen molar-refractivity contribution in [3.63, 3.8) is 0 Å². The fraction of sp³-hybridized carbons (Fsp3) is 0.280. The molecular formula is C25H23F2N3O4S. The Morgan fingerprint density at radius 1 is 1.03 bits per heavy atom. The van der Waals surface area contributed by atoms with E-state index >= 15 is 0 Å². The van der Waals surface area contributed by atoms with Gasteiger partial charge in [-0.05, 0) is 79.8 Å². The van der Waals surface area contributed by atoms with Crippen LogP contribution in [0.1, 0.15) is 29.5 Å². The van der Waals surface area contributed by atoms with Crippen molar-refractivity contribution < 1.29 is 27.6 Å². The van der Waals surface area contributed by atoms with Crippen molar-refractivity contribution >= 4 is 23.1 Å². The molecule has 2 aromatic carbocycles. The number of carbonyl (C=O) groups is 1. The monoisotopic (exact) mass is 499 g/mol. The molecule has 10 heteroatoms. The Labute approximate surface area is 204 Å². The molecule has 7 nitrogen and oxygen atoms in total. The van der Waals surface area contributed by atoms with Crippen LogP contribution in [-0.4, -0.2) is 28.8 Å². The number of pyridine rings is 1. The van der Waals surface area contributed by atoms with Gasteiger partial charge in [0, 0.05) is 12.6 Å². The third-order valence-electron chi connectivity index (χ3n) is 6.33. The number of rotatable bonds is 6. The number of aryl methyl sites for hydroxylation is 2. The SMILES string of the molecule is CN[S+]([O-])c1ccc(-c2nc(NC(=O)C3(c4ccc5c(c4)OC(F)(F)O5)CC3)ccc2C)c(C)c1. The first-order valence-electron chi connectivity index (χ1n) is 11.0. The largest absolute Gasteiger partial charge is 0.593 e. The van der Waals surface area contributed by atoms with E-state index in [4.69, 9.17) is 0 Å². The number of benzene rings is 2. The Morgan fingerprint density at radius 2 is 1.77 bits per heavy atom. The zero-order chi connectivity index (χ0) is 25.0. The van der Waals surface area contributed by atoms with Gasteiger partial charge in [0.15, 0.2) is 16.4 Å². The molecule has 2 N–H and O–H groups in total. The summed E-state index contributed by atoms with van der Waals surface area (Å²) >= 11 is -1.29. The molecule has 0 saturated heterocycles. The van der Waals surface area contributed by atoms with E-state index in [0.717, 1.165) is 16.7 Å². The summed E-state index contributed by atoms with van der Waals surface area (Å²) in [7, 11) is 1.63. The predicted molar refractivity (Wildman–Crippen MR) is 127 cm³/mol. The molecule has 1 aromatic heterocycles. The zero-order valence-electron chi connectivity index (χ0n) is 19.3. The van der Waals surface area contributed by atoms with Gasteiger partial charge >= 0.3 is 6.29 Å². The van der Waals surface area contributed by atoms with Crippen LogP contribution in [0.2, 0.25) is 0 Å². The summed E-state index contributed by atoms with van der Waals surface area (Å²) < 4.78 is 50.6. The Balaban J connectivity index is 1.39. The number of amides is 1.